The molecule has 0 aromatic heterocycles. The third kappa shape index (κ3) is 3.83. The maximum absolute atomic E-state index is 13.9. The molecule has 0 spiro atoms. The van der Waals surface area contributed by atoms with Gasteiger partial charge in [-0.2, -0.15) is 0 Å². The minimum Gasteiger partial charge on any atom is -0.489 e. The van der Waals surface area contributed by atoms with Gasteiger partial charge in [-0.15, -0.1) is 0 Å². The van der Waals surface area contributed by atoms with E-state index >= 15 is 0 Å². The molecule has 0 amide bonds. The highest BCUT2D eigenvalue weighted by Crippen LogP contribution is 2.26. The van der Waals surface area contributed by atoms with Crippen molar-refractivity contribution in [1.82, 2.24) is 0 Å². The van der Waals surface area contributed by atoms with Crippen molar-refractivity contribution in [2.24, 2.45) is 0 Å². The van der Waals surface area contributed by atoms with E-state index < -0.39 is 12.9 Å². The van der Waals surface area contributed by atoms with Crippen molar-refractivity contribution in [3.8, 4) is 5.75 Å². The highest BCUT2D eigenvalue weighted by atomic mass is 19.1. The normalized spacial score (nSPS) is 10.8. The zero-order valence-electron chi connectivity index (χ0n) is 12.1. The van der Waals surface area contributed by atoms with Crippen LogP contribution in [0.25, 0.3) is 0 Å². The first-order valence-corrected chi connectivity index (χ1v) is 6.85. The van der Waals surface area contributed by atoms with E-state index in [1.54, 1.807) is 0 Å². The molecule has 0 aliphatic carbocycles. The number of hydrogen-bond acceptors (Lipinski definition) is 3. The van der Waals surface area contributed by atoms with E-state index in [9.17, 15) is 4.39 Å². The highest BCUT2D eigenvalue weighted by Gasteiger charge is 2.14. The van der Waals surface area contributed by atoms with E-state index in [1.807, 2.05) is 24.3 Å². The van der Waals surface area contributed by atoms with Gasteiger partial charge in [-0.25, -0.2) is 4.39 Å². The molecular formula is C16H18BFO3. The summed E-state index contributed by atoms with van der Waals surface area (Å²) in [6.07, 6.45) is 0. The number of hydrogen-bond donors (Lipinski definition) is 2. The average Bonchev–Trinajstić information content (AvgIpc) is 2.46. The summed E-state index contributed by atoms with van der Waals surface area (Å²) in [5.74, 6) is 0.541. The monoisotopic (exact) mass is 288 g/mol. The first kappa shape index (κ1) is 15.5. The Morgan fingerprint density at radius 1 is 1.14 bits per heavy atom. The molecule has 3 nitrogen and oxygen atoms in total. The lowest BCUT2D eigenvalue weighted by molar-refractivity contribution is 0.295. The molecule has 0 aliphatic rings. The zero-order valence-corrected chi connectivity index (χ0v) is 12.1. The highest BCUT2D eigenvalue weighted by molar-refractivity contribution is 6.58. The minimum atomic E-state index is -1.67. The molecule has 0 aliphatic heterocycles. The van der Waals surface area contributed by atoms with Crippen LogP contribution in [0.4, 0.5) is 4.39 Å². The van der Waals surface area contributed by atoms with Gasteiger partial charge in [-0.05, 0) is 29.1 Å². The summed E-state index contributed by atoms with van der Waals surface area (Å²) < 4.78 is 19.6. The summed E-state index contributed by atoms with van der Waals surface area (Å²) in [6, 6.07) is 11.8. The van der Waals surface area contributed by atoms with Crippen molar-refractivity contribution in [3.05, 3.63) is 59.4 Å². The molecule has 0 fully saturated rings. The second-order valence-electron chi connectivity index (χ2n) is 5.21. The standard InChI is InChI=1S/C16H18BFO3/c1-11(2)14-5-3-4-6-16(14)21-10-12-7-8-13(17(19)20)9-15(12)18/h3-9,11,19-20H,10H2,1-2H3. The van der Waals surface area contributed by atoms with Gasteiger partial charge in [0, 0.05) is 5.56 Å². The Hall–Kier alpha value is -1.85. The molecule has 0 bridgehead atoms. The second-order valence-corrected chi connectivity index (χ2v) is 5.21. The number of halogens is 1. The van der Waals surface area contributed by atoms with Crippen molar-refractivity contribution in [1.29, 1.82) is 0 Å². The Labute approximate surface area is 124 Å². The zero-order chi connectivity index (χ0) is 15.4. The van der Waals surface area contributed by atoms with Gasteiger partial charge in [-0.1, -0.05) is 44.2 Å². The van der Waals surface area contributed by atoms with Gasteiger partial charge in [-0.3, -0.25) is 0 Å². The summed E-state index contributed by atoms with van der Waals surface area (Å²) in [7, 11) is -1.67. The summed E-state index contributed by atoms with van der Waals surface area (Å²) in [5, 5.41) is 18.0. The lowest BCUT2D eigenvalue weighted by Gasteiger charge is -2.14. The van der Waals surface area contributed by atoms with Gasteiger partial charge in [0.1, 0.15) is 18.2 Å². The van der Waals surface area contributed by atoms with Gasteiger partial charge in [0.15, 0.2) is 0 Å². The summed E-state index contributed by atoms with van der Waals surface area (Å²) in [4.78, 5) is 0. The number of benzene rings is 2. The largest absolute Gasteiger partial charge is 0.489 e. The van der Waals surface area contributed by atoms with E-state index in [-0.39, 0.29) is 12.1 Å². The van der Waals surface area contributed by atoms with Crippen LogP contribution in [0.5, 0.6) is 5.75 Å². The average molecular weight is 288 g/mol. The summed E-state index contributed by atoms with van der Waals surface area (Å²) in [5.41, 5.74) is 1.57. The molecule has 110 valence electrons. The van der Waals surface area contributed by atoms with Crippen LogP contribution in [0.2, 0.25) is 0 Å². The molecule has 2 rings (SSSR count). The minimum absolute atomic E-state index is 0.0946. The van der Waals surface area contributed by atoms with Gasteiger partial charge in [0.2, 0.25) is 0 Å². The van der Waals surface area contributed by atoms with Crippen molar-refractivity contribution >= 4 is 12.6 Å². The van der Waals surface area contributed by atoms with Crippen LogP contribution in [0.1, 0.15) is 30.9 Å². The maximum atomic E-state index is 13.9. The lowest BCUT2D eigenvalue weighted by atomic mass is 9.80. The molecule has 0 radical (unpaired) electrons. The fraction of sp³-hybridized carbons (Fsp3) is 0.250. The van der Waals surface area contributed by atoms with Crippen molar-refractivity contribution in [2.45, 2.75) is 26.4 Å². The Morgan fingerprint density at radius 3 is 2.48 bits per heavy atom. The fourth-order valence-corrected chi connectivity index (χ4v) is 2.09. The van der Waals surface area contributed by atoms with Crippen LogP contribution in [0.15, 0.2) is 42.5 Å². The third-order valence-electron chi connectivity index (χ3n) is 3.30. The van der Waals surface area contributed by atoms with E-state index in [1.165, 1.54) is 12.1 Å². The molecule has 0 heterocycles. The second kappa shape index (κ2) is 6.74. The maximum Gasteiger partial charge on any atom is 0.488 e. The summed E-state index contributed by atoms with van der Waals surface area (Å²) >= 11 is 0. The smallest absolute Gasteiger partial charge is 0.488 e. The molecule has 21 heavy (non-hydrogen) atoms. The first-order valence-electron chi connectivity index (χ1n) is 6.85. The molecule has 2 aromatic carbocycles. The SMILES string of the molecule is CC(C)c1ccccc1OCc1ccc(B(O)O)cc1F. The molecule has 2 N–H and O–H groups in total. The first-order chi connectivity index (χ1) is 9.99. The number of para-hydroxylation sites is 1. The number of rotatable bonds is 5. The van der Waals surface area contributed by atoms with Crippen LogP contribution < -0.4 is 10.2 Å². The quantitative estimate of drug-likeness (QED) is 0.829. The molecule has 2 aromatic rings. The third-order valence-corrected chi connectivity index (χ3v) is 3.30. The molecule has 0 atom stereocenters. The Balaban J connectivity index is 2.14. The van der Waals surface area contributed by atoms with Gasteiger partial charge in [0.25, 0.3) is 0 Å². The molecule has 0 unspecified atom stereocenters. The predicted octanol–water partition coefficient (Wildman–Crippen LogP) is 2.21. The van der Waals surface area contributed by atoms with E-state index in [0.717, 1.165) is 17.4 Å². The van der Waals surface area contributed by atoms with Gasteiger partial charge >= 0.3 is 7.12 Å². The summed E-state index contributed by atoms with van der Waals surface area (Å²) in [6.45, 7) is 4.23. The van der Waals surface area contributed by atoms with Gasteiger partial charge in [0.05, 0.1) is 0 Å². The Kier molecular flexibility index (Phi) is 4.99. The Bertz CT molecular complexity index is 614. The molecule has 0 saturated carbocycles. The van der Waals surface area contributed by atoms with Crippen LogP contribution in [-0.4, -0.2) is 17.2 Å². The lowest BCUT2D eigenvalue weighted by Crippen LogP contribution is -2.30. The Morgan fingerprint density at radius 2 is 1.86 bits per heavy atom. The number of ether oxygens (including phenoxy) is 1. The van der Waals surface area contributed by atoms with Crippen LogP contribution >= 0.6 is 0 Å². The van der Waals surface area contributed by atoms with Crippen LogP contribution in [0.3, 0.4) is 0 Å². The van der Waals surface area contributed by atoms with Crippen molar-refractivity contribution < 1.29 is 19.2 Å². The fourth-order valence-electron chi connectivity index (χ4n) is 2.09. The van der Waals surface area contributed by atoms with Gasteiger partial charge < -0.3 is 14.8 Å². The molecule has 5 heteroatoms. The predicted molar refractivity (Wildman–Crippen MR) is 81.1 cm³/mol. The topological polar surface area (TPSA) is 49.7 Å². The van der Waals surface area contributed by atoms with Crippen LogP contribution in [-0.2, 0) is 6.61 Å². The molecule has 0 saturated heterocycles. The van der Waals surface area contributed by atoms with E-state index in [2.05, 4.69) is 13.8 Å². The molecular weight excluding hydrogens is 270 g/mol. The van der Waals surface area contributed by atoms with Crippen molar-refractivity contribution in [3.63, 3.8) is 0 Å². The van der Waals surface area contributed by atoms with E-state index in [4.69, 9.17) is 14.8 Å². The van der Waals surface area contributed by atoms with Crippen molar-refractivity contribution in [2.75, 3.05) is 0 Å². The van der Waals surface area contributed by atoms with E-state index in [0.29, 0.717) is 11.5 Å². The van der Waals surface area contributed by atoms with Crippen LogP contribution in [0, 0.1) is 5.82 Å².